The summed E-state index contributed by atoms with van der Waals surface area (Å²) in [6.45, 7) is 0. The van der Waals surface area contributed by atoms with E-state index in [-0.39, 0.29) is 0 Å². The zero-order chi connectivity index (χ0) is 45.5. The lowest BCUT2D eigenvalue weighted by Crippen LogP contribution is -2.25. The van der Waals surface area contributed by atoms with E-state index >= 15 is 0 Å². The first-order valence-electron chi connectivity index (χ1n) is 23.8. The van der Waals surface area contributed by atoms with Crippen molar-refractivity contribution in [3.8, 4) is 66.8 Å². The van der Waals surface area contributed by atoms with Crippen molar-refractivity contribution in [3.05, 3.63) is 283 Å². The van der Waals surface area contributed by atoms with E-state index < -0.39 is 5.41 Å². The van der Waals surface area contributed by atoms with Crippen LogP contribution in [0.1, 0.15) is 22.3 Å². The Morgan fingerprint density at radius 2 is 0.739 bits per heavy atom. The summed E-state index contributed by atoms with van der Waals surface area (Å²) >= 11 is 0. The average Bonchev–Trinajstić information content (AvgIpc) is 4.06. The molecule has 0 N–H and O–H groups in total. The third-order valence-electron chi connectivity index (χ3n) is 14.7. The fraction of sp³-hybridized carbons (Fsp3) is 0.0149. The number of hydrogen-bond acceptors (Lipinski definition) is 2. The lowest BCUT2D eigenvalue weighted by Gasteiger charge is -2.32. The van der Waals surface area contributed by atoms with Gasteiger partial charge < -0.3 is 9.32 Å². The van der Waals surface area contributed by atoms with Crippen LogP contribution in [0.4, 0.5) is 17.1 Å². The second kappa shape index (κ2) is 15.6. The Hall–Kier alpha value is -8.98. The number of benzene rings is 11. The first kappa shape index (κ1) is 39.2. The molecule has 0 radical (unpaired) electrons. The largest absolute Gasteiger partial charge is 0.455 e. The van der Waals surface area contributed by atoms with E-state index in [0.29, 0.717) is 0 Å². The van der Waals surface area contributed by atoms with Gasteiger partial charge >= 0.3 is 0 Å². The molecule has 0 fully saturated rings. The predicted molar refractivity (Wildman–Crippen MR) is 286 cm³/mol. The first-order valence-corrected chi connectivity index (χ1v) is 23.8. The SMILES string of the molecule is c1ccc(-c2ccccc2-c2ccccc2-c2ccccc2N(c2cccc(-c3cccc4c3oc3ccccc34)c2)c2ccc3c(c2)-c2ccccc2C32c3ccccc3-c3ccccc32)cc1. The normalized spacial score (nSPS) is 12.8. The molecule has 2 heteroatoms. The fourth-order valence-electron chi connectivity index (χ4n) is 11.9. The number of anilines is 3. The highest BCUT2D eigenvalue weighted by atomic mass is 16.3. The zero-order valence-corrected chi connectivity index (χ0v) is 37.7. The van der Waals surface area contributed by atoms with Crippen LogP contribution in [0.3, 0.4) is 0 Å². The number of furan rings is 1. The van der Waals surface area contributed by atoms with Gasteiger partial charge in [-0.3, -0.25) is 0 Å². The topological polar surface area (TPSA) is 16.4 Å². The molecule has 14 rings (SSSR count). The Morgan fingerprint density at radius 1 is 0.275 bits per heavy atom. The van der Waals surface area contributed by atoms with Crippen LogP contribution in [0.15, 0.2) is 265 Å². The standard InChI is InChI=1S/C67H43NO/c1-2-20-44(21-3-1)48-24-4-5-25-50(48)51-26-6-7-27-52(51)56-31-11-16-38-64(56)68(46-23-18-22-45(42-46)49-33-19-34-58-57-32-12-17-39-65(57)69-66(49)58)47-40-41-63-59(43-47)55-30-10-15-37-62(55)67(63)60-35-13-8-28-53(60)54-29-9-14-36-61(54)67/h1-43H. The summed E-state index contributed by atoms with van der Waals surface area (Å²) in [6.07, 6.45) is 0. The molecule has 322 valence electrons. The second-order valence-electron chi connectivity index (χ2n) is 18.3. The maximum absolute atomic E-state index is 6.65. The molecule has 1 aromatic heterocycles. The van der Waals surface area contributed by atoms with Crippen LogP contribution in [0, 0.1) is 0 Å². The van der Waals surface area contributed by atoms with Crippen LogP contribution in [0.25, 0.3) is 88.7 Å². The van der Waals surface area contributed by atoms with Gasteiger partial charge in [-0.15, -0.1) is 0 Å². The summed E-state index contributed by atoms with van der Waals surface area (Å²) in [5.41, 5.74) is 24.2. The summed E-state index contributed by atoms with van der Waals surface area (Å²) in [4.78, 5) is 2.47. The molecular formula is C67H43NO. The third-order valence-corrected chi connectivity index (χ3v) is 14.7. The van der Waals surface area contributed by atoms with Gasteiger partial charge in [0, 0.05) is 33.3 Å². The van der Waals surface area contributed by atoms with Crippen LogP contribution in [-0.2, 0) is 5.41 Å². The van der Waals surface area contributed by atoms with Gasteiger partial charge in [-0.25, -0.2) is 0 Å². The van der Waals surface area contributed by atoms with E-state index in [1.165, 1.54) is 66.8 Å². The maximum atomic E-state index is 6.65. The van der Waals surface area contributed by atoms with Gasteiger partial charge in [0.05, 0.1) is 11.1 Å². The summed E-state index contributed by atoms with van der Waals surface area (Å²) in [6, 6.07) is 95.5. The quantitative estimate of drug-likeness (QED) is 0.159. The van der Waals surface area contributed by atoms with Crippen molar-refractivity contribution in [2.75, 3.05) is 4.90 Å². The molecule has 11 aromatic carbocycles. The third kappa shape index (κ3) is 5.86. The van der Waals surface area contributed by atoms with Crippen LogP contribution in [0.2, 0.25) is 0 Å². The molecule has 0 atom stereocenters. The Bertz CT molecular complexity index is 3940. The summed E-state index contributed by atoms with van der Waals surface area (Å²) in [5, 5.41) is 2.24. The van der Waals surface area contributed by atoms with Crippen LogP contribution >= 0.6 is 0 Å². The van der Waals surface area contributed by atoms with Gasteiger partial charge in [0.25, 0.3) is 0 Å². The van der Waals surface area contributed by atoms with Gasteiger partial charge in [0.15, 0.2) is 0 Å². The molecule has 0 saturated carbocycles. The molecular weight excluding hydrogens is 835 g/mol. The molecule has 12 aromatic rings. The molecule has 1 heterocycles. The smallest absolute Gasteiger partial charge is 0.143 e. The monoisotopic (exact) mass is 877 g/mol. The Balaban J connectivity index is 1.01. The van der Waals surface area contributed by atoms with Gasteiger partial charge in [-0.1, -0.05) is 224 Å². The first-order chi connectivity index (χ1) is 34.3. The van der Waals surface area contributed by atoms with Crippen LogP contribution < -0.4 is 4.90 Å². The van der Waals surface area contributed by atoms with Crippen molar-refractivity contribution >= 4 is 39.0 Å². The van der Waals surface area contributed by atoms with Crippen molar-refractivity contribution in [2.45, 2.75) is 5.41 Å². The Labute approximate surface area is 401 Å². The van der Waals surface area contributed by atoms with Crippen LogP contribution in [0.5, 0.6) is 0 Å². The summed E-state index contributed by atoms with van der Waals surface area (Å²) in [7, 11) is 0. The van der Waals surface area contributed by atoms with Crippen LogP contribution in [-0.4, -0.2) is 0 Å². The van der Waals surface area contributed by atoms with Crippen molar-refractivity contribution in [1.29, 1.82) is 0 Å². The fourth-order valence-corrected chi connectivity index (χ4v) is 11.9. The molecule has 0 aliphatic heterocycles. The molecule has 69 heavy (non-hydrogen) atoms. The van der Waals surface area contributed by atoms with Crippen molar-refractivity contribution in [1.82, 2.24) is 0 Å². The molecule has 2 aliphatic rings. The second-order valence-corrected chi connectivity index (χ2v) is 18.3. The van der Waals surface area contributed by atoms with E-state index in [1.807, 2.05) is 6.07 Å². The maximum Gasteiger partial charge on any atom is 0.143 e. The lowest BCUT2D eigenvalue weighted by molar-refractivity contribution is 0.670. The molecule has 0 unspecified atom stereocenters. The van der Waals surface area contributed by atoms with E-state index in [4.69, 9.17) is 4.42 Å². The Morgan fingerprint density at radius 3 is 1.45 bits per heavy atom. The minimum Gasteiger partial charge on any atom is -0.455 e. The van der Waals surface area contributed by atoms with Gasteiger partial charge in [-0.05, 0) is 114 Å². The molecule has 0 bridgehead atoms. The number of hydrogen-bond donors (Lipinski definition) is 0. The minimum absolute atomic E-state index is 0.434. The van der Waals surface area contributed by atoms with Gasteiger partial charge in [-0.2, -0.15) is 0 Å². The van der Waals surface area contributed by atoms with Crippen molar-refractivity contribution in [2.24, 2.45) is 0 Å². The molecule has 2 nitrogen and oxygen atoms in total. The van der Waals surface area contributed by atoms with Crippen molar-refractivity contribution < 1.29 is 4.42 Å². The highest BCUT2D eigenvalue weighted by molar-refractivity contribution is 6.10. The minimum atomic E-state index is -0.434. The number of rotatable bonds is 7. The van der Waals surface area contributed by atoms with Gasteiger partial charge in [0.1, 0.15) is 11.2 Å². The highest BCUT2D eigenvalue weighted by Crippen LogP contribution is 2.63. The number of nitrogens with zero attached hydrogens (tertiary/aromatic N) is 1. The van der Waals surface area contributed by atoms with E-state index in [1.54, 1.807) is 0 Å². The number of fused-ring (bicyclic) bond motifs is 13. The summed E-state index contributed by atoms with van der Waals surface area (Å²) in [5.74, 6) is 0. The molecule has 2 aliphatic carbocycles. The highest BCUT2D eigenvalue weighted by Gasteiger charge is 2.51. The summed E-state index contributed by atoms with van der Waals surface area (Å²) < 4.78 is 6.65. The number of para-hydroxylation sites is 3. The predicted octanol–water partition coefficient (Wildman–Crippen LogP) is 18.1. The average molecular weight is 878 g/mol. The van der Waals surface area contributed by atoms with E-state index in [9.17, 15) is 0 Å². The van der Waals surface area contributed by atoms with Crippen molar-refractivity contribution in [3.63, 3.8) is 0 Å². The van der Waals surface area contributed by atoms with E-state index in [2.05, 4.69) is 260 Å². The van der Waals surface area contributed by atoms with E-state index in [0.717, 1.165) is 61.3 Å². The molecule has 0 amide bonds. The van der Waals surface area contributed by atoms with Gasteiger partial charge in [0.2, 0.25) is 0 Å². The zero-order valence-electron chi connectivity index (χ0n) is 37.7. The Kier molecular flexibility index (Phi) is 8.84. The lowest BCUT2D eigenvalue weighted by atomic mass is 9.70. The molecule has 0 saturated heterocycles. The molecule has 1 spiro atoms.